The van der Waals surface area contributed by atoms with E-state index < -0.39 is 0 Å². The number of allylic oxidation sites excluding steroid dienone is 5. The predicted octanol–water partition coefficient (Wildman–Crippen LogP) is 8.35. The van der Waals surface area contributed by atoms with Crippen molar-refractivity contribution in [3.8, 4) is 28.3 Å². The van der Waals surface area contributed by atoms with Gasteiger partial charge >= 0.3 is 0 Å². The molecule has 1 atom stereocenters. The summed E-state index contributed by atoms with van der Waals surface area (Å²) in [5.74, 6) is 0.352. The van der Waals surface area contributed by atoms with Gasteiger partial charge in [0, 0.05) is 21.9 Å². The molecule has 0 amide bonds. The lowest BCUT2D eigenvalue weighted by atomic mass is 9.94. The molecule has 5 nitrogen and oxygen atoms in total. The standard InChI is InChI=1S/C37H28N4O/c38-23-24-12-14-25(15-13-24)27-16-18-34-32(21-27)33-22-28(17-19-35(33)42-34)29-9-4-5-10-31(29)36(39)41-37-30(11-6-20-40-37)26-7-2-1-3-8-26/h2,4-22,37,40H,1,3H2,(H2,39,41). The van der Waals surface area contributed by atoms with Gasteiger partial charge in [-0.2, -0.15) is 5.26 Å². The van der Waals surface area contributed by atoms with Gasteiger partial charge in [-0.25, -0.2) is 0 Å². The first-order valence-corrected chi connectivity index (χ1v) is 14.1. The zero-order valence-corrected chi connectivity index (χ0v) is 22.9. The molecule has 7 rings (SSSR count). The van der Waals surface area contributed by atoms with Crippen LogP contribution in [0.15, 0.2) is 137 Å². The Labute approximate surface area is 244 Å². The van der Waals surface area contributed by atoms with Gasteiger partial charge in [-0.3, -0.25) is 5.41 Å². The molecule has 0 saturated heterocycles. The fourth-order valence-electron chi connectivity index (χ4n) is 5.74. The smallest absolute Gasteiger partial charge is 0.135 e. The number of dihydropyridines is 1. The van der Waals surface area contributed by atoms with Crippen LogP contribution in [0.3, 0.4) is 0 Å². The molecule has 5 heteroatoms. The number of nitriles is 1. The van der Waals surface area contributed by atoms with E-state index in [0.29, 0.717) is 11.4 Å². The Hall–Kier alpha value is -5.60. The Kier molecular flexibility index (Phi) is 6.50. The first-order chi connectivity index (χ1) is 20.7. The minimum Gasteiger partial charge on any atom is -0.456 e. The van der Waals surface area contributed by atoms with E-state index in [2.05, 4.69) is 65.3 Å². The molecular formula is C37H28N4O. The highest BCUT2D eigenvalue weighted by Crippen LogP contribution is 2.36. The Bertz CT molecular complexity index is 2020. The first kappa shape index (κ1) is 25.4. The van der Waals surface area contributed by atoms with Crippen molar-refractivity contribution in [3.05, 3.63) is 144 Å². The van der Waals surface area contributed by atoms with Crippen LogP contribution in [0.25, 0.3) is 44.2 Å². The van der Waals surface area contributed by atoms with Gasteiger partial charge in [0.1, 0.15) is 23.2 Å². The van der Waals surface area contributed by atoms with Gasteiger partial charge in [0.15, 0.2) is 0 Å². The van der Waals surface area contributed by atoms with Crippen molar-refractivity contribution in [3.63, 3.8) is 0 Å². The molecule has 2 aliphatic rings. The molecule has 0 spiro atoms. The van der Waals surface area contributed by atoms with Gasteiger partial charge in [0.25, 0.3) is 0 Å². The number of benzene rings is 4. The van der Waals surface area contributed by atoms with Crippen molar-refractivity contribution < 1.29 is 4.42 Å². The van der Waals surface area contributed by atoms with Crippen molar-refractivity contribution in [2.45, 2.75) is 19.0 Å². The highest BCUT2D eigenvalue weighted by atomic mass is 16.3. The Morgan fingerprint density at radius 1 is 0.881 bits per heavy atom. The van der Waals surface area contributed by atoms with E-state index in [-0.39, 0.29) is 6.17 Å². The minimum absolute atomic E-state index is 0.203. The summed E-state index contributed by atoms with van der Waals surface area (Å²) in [5, 5.41) is 27.1. The number of nitrogens with zero attached hydrogens (tertiary/aromatic N) is 1. The van der Waals surface area contributed by atoms with Crippen molar-refractivity contribution in [1.29, 1.82) is 10.7 Å². The molecule has 202 valence electrons. The number of furan rings is 1. The van der Waals surface area contributed by atoms with Crippen LogP contribution >= 0.6 is 0 Å². The van der Waals surface area contributed by atoms with Gasteiger partial charge in [-0.15, -0.1) is 0 Å². The maximum atomic E-state index is 9.16. The van der Waals surface area contributed by atoms with E-state index in [1.54, 1.807) is 0 Å². The van der Waals surface area contributed by atoms with Crippen LogP contribution in [-0.4, -0.2) is 12.0 Å². The molecule has 3 N–H and O–H groups in total. The Morgan fingerprint density at radius 3 is 2.38 bits per heavy atom. The topological polar surface area (TPSA) is 84.8 Å². The van der Waals surface area contributed by atoms with Gasteiger partial charge < -0.3 is 15.1 Å². The number of hydrogen-bond donors (Lipinski definition) is 3. The number of hydrogen-bond acceptors (Lipinski definition) is 4. The third-order valence-corrected chi connectivity index (χ3v) is 7.89. The van der Waals surface area contributed by atoms with Gasteiger partial charge in [-0.1, -0.05) is 72.8 Å². The average Bonchev–Trinajstić information content (AvgIpc) is 3.42. The molecule has 0 radical (unpaired) electrons. The summed E-state index contributed by atoms with van der Waals surface area (Å²) >= 11 is 0. The molecule has 1 aliphatic heterocycles. The van der Waals surface area contributed by atoms with Crippen molar-refractivity contribution in [2.75, 3.05) is 0 Å². The van der Waals surface area contributed by atoms with Gasteiger partial charge in [0.2, 0.25) is 0 Å². The Morgan fingerprint density at radius 2 is 1.62 bits per heavy atom. The molecule has 0 bridgehead atoms. The second-order valence-electron chi connectivity index (χ2n) is 10.5. The third-order valence-electron chi connectivity index (χ3n) is 7.89. The van der Waals surface area contributed by atoms with E-state index >= 15 is 0 Å². The van der Waals surface area contributed by atoms with Crippen molar-refractivity contribution in [2.24, 2.45) is 0 Å². The Balaban J connectivity index is 1.23. The van der Waals surface area contributed by atoms with Crippen LogP contribution in [0, 0.1) is 16.7 Å². The van der Waals surface area contributed by atoms with Gasteiger partial charge in [-0.05, 0) is 89.3 Å². The lowest BCUT2D eigenvalue weighted by molar-refractivity contribution is 0.626. The number of amidine groups is 1. The minimum atomic E-state index is -0.203. The molecule has 5 aromatic rings. The van der Waals surface area contributed by atoms with Crippen LogP contribution in [0.2, 0.25) is 0 Å². The first-order valence-electron chi connectivity index (χ1n) is 14.1. The van der Waals surface area contributed by atoms with Crippen LogP contribution in [-0.2, 0) is 0 Å². The predicted molar refractivity (Wildman–Crippen MR) is 170 cm³/mol. The molecule has 4 aromatic carbocycles. The molecule has 0 fully saturated rings. The monoisotopic (exact) mass is 544 g/mol. The molecule has 1 aromatic heterocycles. The summed E-state index contributed by atoms with van der Waals surface area (Å²) in [6.07, 6.45) is 14.5. The van der Waals surface area contributed by atoms with Crippen molar-refractivity contribution in [1.82, 2.24) is 10.6 Å². The quantitative estimate of drug-likeness (QED) is 0.153. The maximum Gasteiger partial charge on any atom is 0.135 e. The molecule has 1 unspecified atom stereocenters. The second kappa shape index (κ2) is 10.8. The van der Waals surface area contributed by atoms with E-state index in [4.69, 9.17) is 15.1 Å². The van der Waals surface area contributed by atoms with E-state index in [9.17, 15) is 0 Å². The summed E-state index contributed by atoms with van der Waals surface area (Å²) in [6.45, 7) is 0. The average molecular weight is 545 g/mol. The summed E-state index contributed by atoms with van der Waals surface area (Å²) in [4.78, 5) is 0. The molecular weight excluding hydrogens is 516 g/mol. The summed E-state index contributed by atoms with van der Waals surface area (Å²) < 4.78 is 6.19. The highest BCUT2D eigenvalue weighted by molar-refractivity contribution is 6.09. The summed E-state index contributed by atoms with van der Waals surface area (Å²) in [6, 6.07) is 30.3. The van der Waals surface area contributed by atoms with Crippen LogP contribution in [0.4, 0.5) is 0 Å². The van der Waals surface area contributed by atoms with Gasteiger partial charge in [0.05, 0.1) is 11.6 Å². The fraction of sp³-hybridized carbons (Fsp3) is 0.0811. The number of nitrogens with one attached hydrogen (secondary N) is 3. The second-order valence-corrected chi connectivity index (χ2v) is 10.5. The molecule has 42 heavy (non-hydrogen) atoms. The van der Waals surface area contributed by atoms with Crippen LogP contribution in [0.5, 0.6) is 0 Å². The van der Waals surface area contributed by atoms with Crippen LogP contribution in [0.1, 0.15) is 24.0 Å². The normalized spacial score (nSPS) is 16.0. The summed E-state index contributed by atoms with van der Waals surface area (Å²) in [5.41, 5.74) is 9.52. The van der Waals surface area contributed by atoms with Crippen molar-refractivity contribution >= 4 is 27.8 Å². The SMILES string of the molecule is N#Cc1ccc(-c2ccc3oc4ccc(-c5ccccc5C(=N)NC5NC=CC=C5C5=CCCC=C5)cc4c3c2)cc1. The fourth-order valence-corrected chi connectivity index (χ4v) is 5.74. The lowest BCUT2D eigenvalue weighted by Crippen LogP contribution is -2.46. The molecule has 2 heterocycles. The van der Waals surface area contributed by atoms with Crippen LogP contribution < -0.4 is 10.6 Å². The zero-order valence-electron chi connectivity index (χ0n) is 22.9. The van der Waals surface area contributed by atoms with E-state index in [1.165, 1.54) is 5.57 Å². The number of fused-ring (bicyclic) bond motifs is 3. The largest absolute Gasteiger partial charge is 0.456 e. The lowest BCUT2D eigenvalue weighted by Gasteiger charge is -2.27. The zero-order chi connectivity index (χ0) is 28.5. The maximum absolute atomic E-state index is 9.16. The molecule has 1 aliphatic carbocycles. The molecule has 0 saturated carbocycles. The highest BCUT2D eigenvalue weighted by Gasteiger charge is 2.21. The summed E-state index contributed by atoms with van der Waals surface area (Å²) in [7, 11) is 0. The third kappa shape index (κ3) is 4.70. The van der Waals surface area contributed by atoms with E-state index in [1.807, 2.05) is 72.9 Å². The number of rotatable bonds is 5. The van der Waals surface area contributed by atoms with E-state index in [0.717, 1.165) is 68.2 Å².